The molecule has 0 radical (unpaired) electrons. The predicted octanol–water partition coefficient (Wildman–Crippen LogP) is 3.65. The van der Waals surface area contributed by atoms with Crippen LogP contribution >= 0.6 is 23.2 Å². The van der Waals surface area contributed by atoms with Crippen molar-refractivity contribution in [1.29, 1.82) is 0 Å². The van der Waals surface area contributed by atoms with Crippen LogP contribution in [0.3, 0.4) is 0 Å². The first-order valence-corrected chi connectivity index (χ1v) is 8.24. The Morgan fingerprint density at radius 2 is 2.00 bits per heavy atom. The van der Waals surface area contributed by atoms with Gasteiger partial charge in [0.1, 0.15) is 0 Å². The van der Waals surface area contributed by atoms with E-state index in [-0.39, 0.29) is 11.9 Å². The molecule has 0 unspecified atom stereocenters. The summed E-state index contributed by atoms with van der Waals surface area (Å²) in [5.41, 5.74) is 7.90. The molecule has 6 heteroatoms. The smallest absolute Gasteiger partial charge is 0.254 e. The lowest BCUT2D eigenvalue weighted by atomic mass is 10.1. The minimum Gasteiger partial charge on any atom is -0.331 e. The Balaban J connectivity index is 1.83. The van der Waals surface area contributed by atoms with Crippen molar-refractivity contribution in [3.8, 4) is 0 Å². The van der Waals surface area contributed by atoms with Crippen molar-refractivity contribution >= 4 is 29.1 Å². The number of pyridine rings is 1. The Bertz CT molecular complexity index is 732. The molecule has 0 bridgehead atoms. The third kappa shape index (κ3) is 3.83. The lowest BCUT2D eigenvalue weighted by Gasteiger charge is -2.23. The molecular weight excluding hydrogens is 333 g/mol. The molecule has 0 spiro atoms. The van der Waals surface area contributed by atoms with Gasteiger partial charge in [0.05, 0.1) is 15.7 Å². The maximum atomic E-state index is 12.8. The molecule has 2 N–H and O–H groups in total. The highest BCUT2D eigenvalue weighted by molar-refractivity contribution is 6.42. The fourth-order valence-electron chi connectivity index (χ4n) is 2.48. The largest absolute Gasteiger partial charge is 0.331 e. The summed E-state index contributed by atoms with van der Waals surface area (Å²) in [5.74, 6) is -0.00401. The third-order valence-electron chi connectivity index (χ3n) is 3.86. The second-order valence-corrected chi connectivity index (χ2v) is 6.47. The van der Waals surface area contributed by atoms with E-state index in [0.717, 1.165) is 18.4 Å². The van der Waals surface area contributed by atoms with Gasteiger partial charge in [0.2, 0.25) is 0 Å². The molecule has 1 aliphatic rings. The van der Waals surface area contributed by atoms with Gasteiger partial charge in [-0.05, 0) is 42.7 Å². The van der Waals surface area contributed by atoms with E-state index in [1.807, 2.05) is 17.0 Å². The van der Waals surface area contributed by atoms with E-state index < -0.39 is 0 Å². The highest BCUT2D eigenvalue weighted by Gasteiger charge is 2.33. The number of aromatic nitrogens is 1. The van der Waals surface area contributed by atoms with E-state index in [1.54, 1.807) is 24.4 Å². The number of nitrogens with zero attached hydrogens (tertiary/aromatic N) is 2. The highest BCUT2D eigenvalue weighted by atomic mass is 35.5. The summed E-state index contributed by atoms with van der Waals surface area (Å²) < 4.78 is 0. The molecule has 1 saturated carbocycles. The van der Waals surface area contributed by atoms with Gasteiger partial charge in [0.25, 0.3) is 5.91 Å². The van der Waals surface area contributed by atoms with Crippen LogP contribution in [-0.2, 0) is 13.1 Å². The molecule has 1 amide bonds. The minimum absolute atomic E-state index is 0.00401. The first kappa shape index (κ1) is 16.2. The molecule has 2 aromatic rings. The normalized spacial score (nSPS) is 13.9. The van der Waals surface area contributed by atoms with Crippen molar-refractivity contribution in [2.24, 2.45) is 5.73 Å². The Hall–Kier alpha value is -1.62. The summed E-state index contributed by atoms with van der Waals surface area (Å²) in [5, 5.41) is 1.02. The third-order valence-corrected chi connectivity index (χ3v) is 4.60. The van der Waals surface area contributed by atoms with E-state index in [1.165, 1.54) is 0 Å². The van der Waals surface area contributed by atoms with Gasteiger partial charge in [-0.25, -0.2) is 0 Å². The monoisotopic (exact) mass is 349 g/mol. The molecule has 120 valence electrons. The van der Waals surface area contributed by atoms with Crippen LogP contribution in [0, 0.1) is 0 Å². The number of rotatable bonds is 5. The number of nitrogens with two attached hydrogens (primary N) is 1. The van der Waals surface area contributed by atoms with Crippen molar-refractivity contribution in [2.75, 3.05) is 0 Å². The molecule has 1 fully saturated rings. The van der Waals surface area contributed by atoms with Crippen molar-refractivity contribution in [3.05, 3.63) is 63.4 Å². The average molecular weight is 350 g/mol. The number of carbonyl (C=O) groups is 1. The number of carbonyl (C=O) groups excluding carboxylic acids is 1. The SMILES string of the molecule is NCc1cc(C(=O)N(Cc2ccc(Cl)c(Cl)c2)C2CC2)ccn1. The van der Waals surface area contributed by atoms with E-state index in [2.05, 4.69) is 4.98 Å². The number of hydrogen-bond acceptors (Lipinski definition) is 3. The average Bonchev–Trinajstić information content (AvgIpc) is 3.40. The van der Waals surface area contributed by atoms with E-state index in [0.29, 0.717) is 34.4 Å². The topological polar surface area (TPSA) is 59.2 Å². The molecule has 1 aromatic carbocycles. The van der Waals surface area contributed by atoms with Crippen molar-refractivity contribution < 1.29 is 4.79 Å². The van der Waals surface area contributed by atoms with Crippen LogP contribution in [0.5, 0.6) is 0 Å². The maximum Gasteiger partial charge on any atom is 0.254 e. The van der Waals surface area contributed by atoms with Crippen LogP contribution in [0.1, 0.15) is 34.5 Å². The summed E-state index contributed by atoms with van der Waals surface area (Å²) >= 11 is 12.0. The summed E-state index contributed by atoms with van der Waals surface area (Å²) in [7, 11) is 0. The standard InChI is InChI=1S/C17H17Cl2N3O/c18-15-4-1-11(7-16(15)19)10-22(14-2-3-14)17(23)12-5-6-21-13(8-12)9-20/h1,4-8,14H,2-3,9-10,20H2. The van der Waals surface area contributed by atoms with Gasteiger partial charge in [0.15, 0.2) is 0 Å². The molecule has 0 aliphatic heterocycles. The second kappa shape index (κ2) is 6.87. The molecule has 23 heavy (non-hydrogen) atoms. The number of halogens is 2. The summed E-state index contributed by atoms with van der Waals surface area (Å²) in [6, 6.07) is 9.23. The van der Waals surface area contributed by atoms with Gasteiger partial charge in [-0.1, -0.05) is 29.3 Å². The van der Waals surface area contributed by atoms with Crippen molar-refractivity contribution in [2.45, 2.75) is 32.0 Å². The Kier molecular flexibility index (Phi) is 4.85. The molecule has 1 heterocycles. The van der Waals surface area contributed by atoms with Gasteiger partial charge in [-0.15, -0.1) is 0 Å². The van der Waals surface area contributed by atoms with Gasteiger partial charge in [-0.2, -0.15) is 0 Å². The Morgan fingerprint density at radius 3 is 2.65 bits per heavy atom. The summed E-state index contributed by atoms with van der Waals surface area (Å²) in [6.07, 6.45) is 3.68. The molecule has 1 aliphatic carbocycles. The zero-order valence-corrected chi connectivity index (χ0v) is 14.0. The Labute approximate surface area is 145 Å². The second-order valence-electron chi connectivity index (χ2n) is 5.65. The molecule has 4 nitrogen and oxygen atoms in total. The number of amides is 1. The zero-order chi connectivity index (χ0) is 16.4. The first-order valence-electron chi connectivity index (χ1n) is 7.48. The fourth-order valence-corrected chi connectivity index (χ4v) is 2.80. The fraction of sp³-hybridized carbons (Fsp3) is 0.294. The van der Waals surface area contributed by atoms with Crippen molar-refractivity contribution in [1.82, 2.24) is 9.88 Å². The lowest BCUT2D eigenvalue weighted by Crippen LogP contribution is -2.32. The van der Waals surface area contributed by atoms with Gasteiger partial charge in [0, 0.05) is 30.9 Å². The van der Waals surface area contributed by atoms with Crippen LogP contribution in [0.15, 0.2) is 36.5 Å². The first-order chi connectivity index (χ1) is 11.1. The Morgan fingerprint density at radius 1 is 1.22 bits per heavy atom. The van der Waals surface area contributed by atoms with Crippen molar-refractivity contribution in [3.63, 3.8) is 0 Å². The predicted molar refractivity (Wildman–Crippen MR) is 91.5 cm³/mol. The van der Waals surface area contributed by atoms with Crippen LogP contribution < -0.4 is 5.73 Å². The van der Waals surface area contributed by atoms with Crippen LogP contribution in [-0.4, -0.2) is 21.8 Å². The van der Waals surface area contributed by atoms with Crippen LogP contribution in [0.25, 0.3) is 0 Å². The molecular formula is C17H17Cl2N3O. The number of hydrogen-bond donors (Lipinski definition) is 1. The van der Waals surface area contributed by atoms with Gasteiger partial charge < -0.3 is 10.6 Å². The van der Waals surface area contributed by atoms with E-state index >= 15 is 0 Å². The quantitative estimate of drug-likeness (QED) is 0.895. The summed E-state index contributed by atoms with van der Waals surface area (Å²) in [4.78, 5) is 18.9. The number of benzene rings is 1. The molecule has 0 atom stereocenters. The summed E-state index contributed by atoms with van der Waals surface area (Å²) in [6.45, 7) is 0.831. The van der Waals surface area contributed by atoms with Gasteiger partial charge >= 0.3 is 0 Å². The van der Waals surface area contributed by atoms with Gasteiger partial charge in [-0.3, -0.25) is 9.78 Å². The van der Waals surface area contributed by atoms with Crippen LogP contribution in [0.4, 0.5) is 0 Å². The van der Waals surface area contributed by atoms with Crippen LogP contribution in [0.2, 0.25) is 10.0 Å². The molecule has 0 saturated heterocycles. The minimum atomic E-state index is -0.00401. The lowest BCUT2D eigenvalue weighted by molar-refractivity contribution is 0.0729. The van der Waals surface area contributed by atoms with E-state index in [4.69, 9.17) is 28.9 Å². The zero-order valence-electron chi connectivity index (χ0n) is 12.5. The highest BCUT2D eigenvalue weighted by Crippen LogP contribution is 2.31. The van der Waals surface area contributed by atoms with E-state index in [9.17, 15) is 4.79 Å². The molecule has 1 aromatic heterocycles. The molecule has 3 rings (SSSR count). The maximum absolute atomic E-state index is 12.8.